The Morgan fingerprint density at radius 2 is 1.08 bits per heavy atom. The number of aromatic nitrogens is 1. The van der Waals surface area contributed by atoms with Crippen LogP contribution in [0.15, 0.2) is 175 Å². The van der Waals surface area contributed by atoms with Crippen LogP contribution in [0.4, 0.5) is 0 Å². The molecule has 7 aromatic carbocycles. The molecule has 0 radical (unpaired) electrons. The van der Waals surface area contributed by atoms with Gasteiger partial charge in [-0.3, -0.25) is 5.32 Å². The summed E-state index contributed by atoms with van der Waals surface area (Å²) in [5.74, 6) is 0.872. The van der Waals surface area contributed by atoms with E-state index in [1.54, 1.807) is 0 Å². The Morgan fingerprint density at radius 3 is 1.88 bits per heavy atom. The maximum Gasteiger partial charge on any atom is 0.131 e. The summed E-state index contributed by atoms with van der Waals surface area (Å²) in [5.41, 5.74) is 8.80. The highest BCUT2D eigenvalue weighted by atomic mass is 15.3. The van der Waals surface area contributed by atoms with Crippen molar-refractivity contribution in [2.75, 3.05) is 0 Å². The van der Waals surface area contributed by atoms with Crippen molar-refractivity contribution in [2.45, 2.75) is 12.3 Å². The summed E-state index contributed by atoms with van der Waals surface area (Å²) in [7, 11) is 0. The topological polar surface area (TPSA) is 49.3 Å². The second-order valence-electron chi connectivity index (χ2n) is 12.3. The molecule has 1 aliphatic rings. The van der Waals surface area contributed by atoms with E-state index in [0.717, 1.165) is 44.7 Å². The van der Waals surface area contributed by atoms with Crippen LogP contribution >= 0.6 is 0 Å². The molecule has 1 aliphatic heterocycles. The first-order valence-electron chi connectivity index (χ1n) is 16.4. The van der Waals surface area contributed by atoms with Gasteiger partial charge >= 0.3 is 0 Å². The first-order chi connectivity index (χ1) is 23.8. The van der Waals surface area contributed by atoms with Gasteiger partial charge in [-0.2, -0.15) is 0 Å². The van der Waals surface area contributed by atoms with Crippen LogP contribution in [0.5, 0.6) is 0 Å². The molecule has 8 aromatic rings. The third-order valence-electron chi connectivity index (χ3n) is 9.35. The molecule has 0 fully saturated rings. The molecule has 4 heteroatoms. The Hall–Kier alpha value is -6.10. The van der Waals surface area contributed by atoms with Crippen molar-refractivity contribution in [3.8, 4) is 22.4 Å². The summed E-state index contributed by atoms with van der Waals surface area (Å²) >= 11 is 0. The van der Waals surface area contributed by atoms with Gasteiger partial charge in [0, 0.05) is 21.9 Å². The molecule has 9 rings (SSSR count). The van der Waals surface area contributed by atoms with Crippen molar-refractivity contribution >= 4 is 38.3 Å². The lowest BCUT2D eigenvalue weighted by molar-refractivity contribution is 0.410. The van der Waals surface area contributed by atoms with Gasteiger partial charge in [0.15, 0.2) is 0 Å². The predicted octanol–water partition coefficient (Wildman–Crippen LogP) is 10.2. The summed E-state index contributed by atoms with van der Waals surface area (Å²) < 4.78 is 0. The zero-order valence-corrected chi connectivity index (χ0v) is 26.2. The maximum absolute atomic E-state index is 5.16. The fraction of sp³-hybridized carbons (Fsp3) is 0.0455. The van der Waals surface area contributed by atoms with E-state index in [1.807, 2.05) is 12.1 Å². The molecule has 4 nitrogen and oxygen atoms in total. The van der Waals surface area contributed by atoms with Crippen molar-refractivity contribution in [2.24, 2.45) is 4.99 Å². The number of aliphatic imine (C=N–C) groups is 1. The van der Waals surface area contributed by atoms with E-state index in [1.165, 1.54) is 32.7 Å². The van der Waals surface area contributed by atoms with Crippen LogP contribution in [0.2, 0.25) is 0 Å². The Bertz CT molecular complexity index is 2450. The third-order valence-corrected chi connectivity index (χ3v) is 9.35. The number of rotatable bonds is 5. The molecule has 48 heavy (non-hydrogen) atoms. The summed E-state index contributed by atoms with van der Waals surface area (Å²) in [6.07, 6.45) is -0.394. The van der Waals surface area contributed by atoms with E-state index in [0.29, 0.717) is 0 Å². The number of hydrogen-bond donors (Lipinski definition) is 2. The molecule has 0 bridgehead atoms. The summed E-state index contributed by atoms with van der Waals surface area (Å²) in [6.45, 7) is 0. The SMILES string of the molecule is c1ccc(C2=NC(c3ccccc3)NC(c3ccc4ccccc4c3-c3ccc(-c4nc5ccccc5c5ccccc45)cc3)N2)cc1. The first-order valence-corrected chi connectivity index (χ1v) is 16.4. The second kappa shape index (κ2) is 11.9. The minimum Gasteiger partial charge on any atom is -0.350 e. The number of amidine groups is 1. The smallest absolute Gasteiger partial charge is 0.131 e. The lowest BCUT2D eigenvalue weighted by Crippen LogP contribution is -2.45. The molecule has 2 heterocycles. The minimum absolute atomic E-state index is 0.187. The molecular formula is C44H32N4. The Labute approximate surface area is 279 Å². The molecule has 2 atom stereocenters. The number of para-hydroxylation sites is 1. The van der Waals surface area contributed by atoms with Crippen LogP contribution in [0.1, 0.15) is 29.0 Å². The van der Waals surface area contributed by atoms with E-state index >= 15 is 0 Å². The van der Waals surface area contributed by atoms with E-state index in [2.05, 4.69) is 168 Å². The summed E-state index contributed by atoms with van der Waals surface area (Å²) in [5, 5.41) is 13.6. The van der Waals surface area contributed by atoms with E-state index in [-0.39, 0.29) is 12.3 Å². The van der Waals surface area contributed by atoms with E-state index in [4.69, 9.17) is 9.98 Å². The number of fused-ring (bicyclic) bond motifs is 4. The molecule has 228 valence electrons. The number of benzene rings is 7. The highest BCUT2D eigenvalue weighted by Crippen LogP contribution is 2.39. The number of pyridine rings is 1. The first kappa shape index (κ1) is 28.1. The lowest BCUT2D eigenvalue weighted by Gasteiger charge is -2.33. The Kier molecular flexibility index (Phi) is 6.99. The maximum atomic E-state index is 5.16. The standard InChI is InChI=1S/C44H32N4/c1-3-14-32(15-4-1)42-46-43(33-16-5-2-6-17-33)48-44(47-42)38-28-27-29-13-7-8-18-34(29)40(38)30-23-25-31(26-24-30)41-37-21-10-9-19-35(37)36-20-11-12-22-39(36)45-41/h1-28,42,44,47H,(H,46,48). The van der Waals surface area contributed by atoms with Gasteiger partial charge in [-0.05, 0) is 44.5 Å². The molecule has 0 saturated carbocycles. The molecule has 0 aliphatic carbocycles. The summed E-state index contributed by atoms with van der Waals surface area (Å²) in [4.78, 5) is 10.3. The van der Waals surface area contributed by atoms with Gasteiger partial charge in [0.2, 0.25) is 0 Å². The molecule has 0 saturated heterocycles. The van der Waals surface area contributed by atoms with Crippen molar-refractivity contribution in [1.29, 1.82) is 0 Å². The second-order valence-corrected chi connectivity index (χ2v) is 12.3. The zero-order valence-electron chi connectivity index (χ0n) is 26.2. The highest BCUT2D eigenvalue weighted by molar-refractivity contribution is 6.11. The fourth-order valence-corrected chi connectivity index (χ4v) is 7.04. The molecule has 0 spiro atoms. The molecule has 0 amide bonds. The zero-order chi connectivity index (χ0) is 31.9. The van der Waals surface area contributed by atoms with Crippen LogP contribution < -0.4 is 10.6 Å². The van der Waals surface area contributed by atoms with Gasteiger partial charge in [0.05, 0.1) is 11.2 Å². The quantitative estimate of drug-likeness (QED) is 0.189. The van der Waals surface area contributed by atoms with Gasteiger partial charge in [-0.15, -0.1) is 0 Å². The monoisotopic (exact) mass is 616 g/mol. The van der Waals surface area contributed by atoms with Gasteiger partial charge in [-0.1, -0.05) is 164 Å². The molecule has 2 unspecified atom stereocenters. The molecule has 1 aromatic heterocycles. The average molecular weight is 617 g/mol. The van der Waals surface area contributed by atoms with Gasteiger partial charge in [0.25, 0.3) is 0 Å². The fourth-order valence-electron chi connectivity index (χ4n) is 7.04. The summed E-state index contributed by atoms with van der Waals surface area (Å²) in [6, 6.07) is 59.9. The van der Waals surface area contributed by atoms with E-state index < -0.39 is 0 Å². The number of nitrogens with zero attached hydrogens (tertiary/aromatic N) is 2. The van der Waals surface area contributed by atoms with Crippen LogP contribution in [-0.4, -0.2) is 10.8 Å². The van der Waals surface area contributed by atoms with Gasteiger partial charge in [0.1, 0.15) is 18.2 Å². The normalized spacial score (nSPS) is 16.1. The Morgan fingerprint density at radius 1 is 0.458 bits per heavy atom. The van der Waals surface area contributed by atoms with Crippen LogP contribution in [-0.2, 0) is 0 Å². The van der Waals surface area contributed by atoms with Crippen molar-refractivity contribution < 1.29 is 0 Å². The minimum atomic E-state index is -0.207. The average Bonchev–Trinajstić information content (AvgIpc) is 3.18. The van der Waals surface area contributed by atoms with Gasteiger partial charge < -0.3 is 5.32 Å². The predicted molar refractivity (Wildman–Crippen MR) is 199 cm³/mol. The lowest BCUT2D eigenvalue weighted by atomic mass is 9.90. The molecular weight excluding hydrogens is 585 g/mol. The Balaban J connectivity index is 1.18. The van der Waals surface area contributed by atoms with Crippen molar-refractivity contribution in [3.63, 3.8) is 0 Å². The molecule has 2 N–H and O–H groups in total. The van der Waals surface area contributed by atoms with Crippen molar-refractivity contribution in [1.82, 2.24) is 15.6 Å². The highest BCUT2D eigenvalue weighted by Gasteiger charge is 2.28. The third kappa shape index (κ3) is 5.00. The van der Waals surface area contributed by atoms with E-state index in [9.17, 15) is 0 Å². The van der Waals surface area contributed by atoms with Crippen molar-refractivity contribution in [3.05, 3.63) is 187 Å². The van der Waals surface area contributed by atoms with Crippen LogP contribution in [0.25, 0.3) is 54.8 Å². The number of nitrogens with one attached hydrogen (secondary N) is 2. The largest absolute Gasteiger partial charge is 0.350 e. The van der Waals surface area contributed by atoms with Crippen LogP contribution in [0.3, 0.4) is 0 Å². The van der Waals surface area contributed by atoms with Gasteiger partial charge in [-0.25, -0.2) is 9.98 Å². The van der Waals surface area contributed by atoms with Crippen LogP contribution in [0, 0.1) is 0 Å². The number of hydrogen-bond acceptors (Lipinski definition) is 4.